The van der Waals surface area contributed by atoms with Crippen molar-refractivity contribution < 1.29 is 70.5 Å². The van der Waals surface area contributed by atoms with Crippen molar-refractivity contribution in [1.29, 1.82) is 0 Å². The third kappa shape index (κ3) is 15.6. The van der Waals surface area contributed by atoms with Gasteiger partial charge in [0.2, 0.25) is 23.6 Å². The van der Waals surface area contributed by atoms with E-state index < -0.39 is 97.1 Å². The van der Waals surface area contributed by atoms with Crippen LogP contribution in [0.4, 0.5) is 28.9 Å². The molecule has 0 bridgehead atoms. The first-order valence-corrected chi connectivity index (χ1v) is 30.6. The maximum atomic E-state index is 15.5. The van der Waals surface area contributed by atoms with Crippen molar-refractivity contribution in [2.24, 2.45) is 11.5 Å². The Kier molecular flexibility index (Phi) is 23.1. The number of aromatic nitrogens is 4. The maximum absolute atomic E-state index is 15.5. The number of carbonyl (C=O) groups excluding carboxylic acids is 7. The average Bonchev–Trinajstić information content (AvgIpc) is 1.66. The van der Waals surface area contributed by atoms with E-state index in [0.29, 0.717) is 62.6 Å². The number of aromatic carboxylic acids is 1. The van der Waals surface area contributed by atoms with Crippen LogP contribution in [0.15, 0.2) is 97.1 Å². The van der Waals surface area contributed by atoms with Gasteiger partial charge in [-0.25, -0.2) is 22.4 Å². The van der Waals surface area contributed by atoms with Crippen LogP contribution in [0.25, 0.3) is 42.7 Å². The number of likely N-dealkylation sites (tertiary alicyclic amines) is 2. The van der Waals surface area contributed by atoms with Gasteiger partial charge in [0.15, 0.2) is 23.0 Å². The number of nitrogens with two attached hydrogens (primary N) is 2. The molecule has 4 saturated heterocycles. The molecule has 4 fully saturated rings. The van der Waals surface area contributed by atoms with Crippen LogP contribution < -0.4 is 27.4 Å². The van der Waals surface area contributed by atoms with Crippen molar-refractivity contribution in [3.05, 3.63) is 140 Å². The second-order valence-electron chi connectivity index (χ2n) is 21.0. The second-order valence-corrected chi connectivity index (χ2v) is 23.9. The minimum absolute atomic E-state index is 0. The molecule has 8 N–H and O–H groups in total. The number of rotatable bonds is 14. The molecule has 4 aliphatic rings. The van der Waals surface area contributed by atoms with Gasteiger partial charge >= 0.3 is 5.97 Å². The summed E-state index contributed by atoms with van der Waals surface area (Å²) in [6.07, 6.45) is -3.62. The molecule has 4 aromatic heterocycles. The number of carboxylic acid groups (broad SMARTS) is 1. The first-order valence-electron chi connectivity index (χ1n) is 28.2. The quantitative estimate of drug-likeness (QED) is 0.0556. The predicted octanol–water partition coefficient (Wildman–Crippen LogP) is 8.52. The predicted molar refractivity (Wildman–Crippen MR) is 344 cm³/mol. The fraction of sp³-hybridized carbons (Fsp3) is 0.323. The SMILES string of the molecule is C.C.C1COCCN1.NC(=O)c1nn(CC(=O)N2C[C@H](F)C[C@H]2C(=O)Nc2cccc(-c3ccccc3Cl)c2F)c2cc(C(=O)N3CCOCC3)sc12.NC(=O)c1nn(CC(=O)N2C[C@H](F)C[C@H]2C(=O)Nc2cccc(-c3ccccc3Cl)c2F)c2cc(C(=O)O)sc12. The van der Waals surface area contributed by atoms with Gasteiger partial charge in [0, 0.05) is 71.3 Å². The number of halogens is 6. The van der Waals surface area contributed by atoms with Gasteiger partial charge in [0.05, 0.1) is 76.2 Å². The first-order chi connectivity index (χ1) is 43.7. The highest BCUT2D eigenvalue weighted by atomic mass is 35.5. The minimum Gasteiger partial charge on any atom is -0.477 e. The molecule has 4 aliphatic heterocycles. The number of nitrogens with zero attached hydrogens (tertiary/aromatic N) is 7. The van der Waals surface area contributed by atoms with Crippen molar-refractivity contribution in [3.8, 4) is 22.3 Å². The van der Waals surface area contributed by atoms with Crippen molar-refractivity contribution in [2.45, 2.75) is 65.2 Å². The first kappa shape index (κ1) is 70.0. The Bertz CT molecular complexity index is 4130. The monoisotopic (exact) mass is 1360 g/mol. The number of benzene rings is 4. The van der Waals surface area contributed by atoms with Crippen LogP contribution in [0, 0.1) is 11.6 Å². The maximum Gasteiger partial charge on any atom is 0.345 e. The second kappa shape index (κ2) is 30.7. The van der Waals surface area contributed by atoms with Crippen LogP contribution in [0.3, 0.4) is 0 Å². The minimum atomic E-state index is -1.52. The van der Waals surface area contributed by atoms with E-state index >= 15 is 8.78 Å². The number of hydrogen-bond donors (Lipinski definition) is 6. The number of fused-ring (bicyclic) bond motifs is 2. The lowest BCUT2D eigenvalue weighted by Gasteiger charge is -2.26. The molecule has 12 rings (SSSR count). The van der Waals surface area contributed by atoms with Crippen LogP contribution in [-0.2, 0) is 41.7 Å². The van der Waals surface area contributed by atoms with Crippen molar-refractivity contribution >= 4 is 125 Å². The molecule has 4 aromatic carbocycles. The number of amides is 7. The zero-order valence-electron chi connectivity index (χ0n) is 47.8. The lowest BCUT2D eigenvalue weighted by molar-refractivity contribution is -0.137. The number of hydrogen-bond acceptors (Lipinski definition) is 15. The summed E-state index contributed by atoms with van der Waals surface area (Å²) in [5.41, 5.74) is 11.9. The topological polar surface area (TPSA) is 309 Å². The summed E-state index contributed by atoms with van der Waals surface area (Å²) in [4.78, 5) is 106. The smallest absolute Gasteiger partial charge is 0.345 e. The lowest BCUT2D eigenvalue weighted by atomic mass is 10.0. The van der Waals surface area contributed by atoms with Gasteiger partial charge in [-0.05, 0) is 36.4 Å². The fourth-order valence-corrected chi connectivity index (χ4v) is 13.2. The summed E-state index contributed by atoms with van der Waals surface area (Å²) in [5.74, 6) is -7.67. The highest BCUT2D eigenvalue weighted by Crippen LogP contribution is 2.37. The summed E-state index contributed by atoms with van der Waals surface area (Å²) in [5, 5.41) is 26.3. The Morgan fingerprint density at radius 3 is 1.41 bits per heavy atom. The summed E-state index contributed by atoms with van der Waals surface area (Å²) in [7, 11) is 0. The number of primary amides is 2. The van der Waals surface area contributed by atoms with Gasteiger partial charge in [-0.2, -0.15) is 10.2 Å². The average molecular weight is 1360 g/mol. The Morgan fingerprint density at radius 2 is 1.01 bits per heavy atom. The van der Waals surface area contributed by atoms with Crippen LogP contribution >= 0.6 is 45.9 Å². The zero-order valence-corrected chi connectivity index (χ0v) is 51.0. The zero-order chi connectivity index (χ0) is 64.8. The highest BCUT2D eigenvalue weighted by molar-refractivity contribution is 7.21. The molecule has 8 aromatic rings. The number of nitrogens with one attached hydrogen (secondary N) is 3. The van der Waals surface area contributed by atoms with Crippen LogP contribution in [0.5, 0.6) is 0 Å². The van der Waals surface area contributed by atoms with Gasteiger partial charge in [-0.1, -0.05) is 98.7 Å². The van der Waals surface area contributed by atoms with Gasteiger partial charge in [-0.3, -0.25) is 42.9 Å². The standard InChI is InChI=1S/C30H27ClF2N6O5S.C26H20ClF2N5O5S.C4H9NO.2CH4/c31-19-6-2-1-4-17(19)18-5-3-7-20(25(18)33)35-29(42)22-12-16(32)14-38(22)24(40)15-39-21-13-23(30(43)37-8-10-44-11-9-37)45-27(21)26(36-39)28(34)41;27-15-6-2-1-4-13(15)14-5-3-7-16(21(14)29)31-25(37)18-8-12(28)10-33(18)20(35)11-34-17-9-19(26(38)39)40-23(17)22(32-34)24(30)36;1-3-6-4-2-5-1;;/h1-7,13,16,22H,8-12,14-15H2,(H2,34,41)(H,35,42);1-7,9,12,18H,8,10-11H2,(H2,30,36)(H,31,37)(H,38,39);5H,1-4H2;2*1H4/t16-,22+;12-,18+;;;/m11.../s1. The third-order valence-corrected chi connectivity index (χ3v) is 17.9. The van der Waals surface area contributed by atoms with Gasteiger partial charge in [-0.15, -0.1) is 22.7 Å². The molecular formula is C62H64Cl2F4N12O11S2. The summed E-state index contributed by atoms with van der Waals surface area (Å²) >= 11 is 14.2. The van der Waals surface area contributed by atoms with E-state index in [0.717, 1.165) is 63.5 Å². The highest BCUT2D eigenvalue weighted by Gasteiger charge is 2.42. The number of alkyl halides is 2. The molecule has 93 heavy (non-hydrogen) atoms. The number of thiophene rings is 2. The van der Waals surface area contributed by atoms with E-state index in [1.807, 2.05) is 0 Å². The molecular weight excluding hydrogens is 1300 g/mol. The normalized spacial score (nSPS) is 17.7. The van der Waals surface area contributed by atoms with E-state index in [4.69, 9.17) is 44.1 Å². The van der Waals surface area contributed by atoms with Crippen molar-refractivity contribution in [2.75, 3.05) is 76.3 Å². The van der Waals surface area contributed by atoms with Crippen LogP contribution in [0.1, 0.15) is 68.0 Å². The molecule has 31 heteroatoms. The van der Waals surface area contributed by atoms with Crippen LogP contribution in [-0.4, -0.2) is 177 Å². The molecule has 492 valence electrons. The number of anilines is 2. The summed E-state index contributed by atoms with van der Waals surface area (Å²) in [6, 6.07) is 22.3. The molecule has 23 nitrogen and oxygen atoms in total. The van der Waals surface area contributed by atoms with Crippen molar-refractivity contribution in [3.63, 3.8) is 0 Å². The molecule has 8 heterocycles. The van der Waals surface area contributed by atoms with Gasteiger partial charge < -0.3 is 56.7 Å². The lowest BCUT2D eigenvalue weighted by Crippen LogP contribution is -2.44. The molecule has 4 atom stereocenters. The molecule has 0 saturated carbocycles. The van der Waals surface area contributed by atoms with Gasteiger partial charge in [0.25, 0.3) is 17.7 Å². The van der Waals surface area contributed by atoms with Crippen molar-refractivity contribution in [1.82, 2.24) is 39.6 Å². The molecule has 7 amide bonds. The third-order valence-electron chi connectivity index (χ3n) is 15.0. The molecule has 0 unspecified atom stereocenters. The molecule has 0 spiro atoms. The Morgan fingerprint density at radius 1 is 0.602 bits per heavy atom. The molecule has 0 radical (unpaired) electrons. The number of carbonyl (C=O) groups is 8. The van der Waals surface area contributed by atoms with E-state index in [9.17, 15) is 52.2 Å². The number of ether oxygens (including phenoxy) is 2. The molecule has 0 aliphatic carbocycles. The summed E-state index contributed by atoms with van der Waals surface area (Å²) in [6.45, 7) is 3.74. The van der Waals surface area contributed by atoms with Crippen LogP contribution in [0.2, 0.25) is 10.0 Å². The van der Waals surface area contributed by atoms with E-state index in [-0.39, 0.29) is 89.1 Å². The largest absolute Gasteiger partial charge is 0.477 e. The Balaban J connectivity index is 0.000000216. The Hall–Kier alpha value is -8.84. The fourth-order valence-electron chi connectivity index (χ4n) is 10.7. The Labute approximate surface area is 547 Å². The van der Waals surface area contributed by atoms with E-state index in [2.05, 4.69) is 26.1 Å². The summed E-state index contributed by atoms with van der Waals surface area (Å²) < 4.78 is 73.1. The van der Waals surface area contributed by atoms with Gasteiger partial charge in [0.1, 0.15) is 42.4 Å². The van der Waals surface area contributed by atoms with E-state index in [1.165, 1.54) is 47.1 Å². The number of carboxylic acids is 1. The number of morpholine rings is 2. The van der Waals surface area contributed by atoms with E-state index in [1.54, 1.807) is 59.5 Å².